The van der Waals surface area contributed by atoms with Crippen molar-refractivity contribution in [1.29, 1.82) is 0 Å². The molecule has 1 unspecified atom stereocenters. The maximum absolute atomic E-state index is 13.4. The van der Waals surface area contributed by atoms with Crippen molar-refractivity contribution in [3.63, 3.8) is 0 Å². The summed E-state index contributed by atoms with van der Waals surface area (Å²) < 4.78 is 6.47. The molecule has 3 N–H and O–H groups in total. The molecular formula is C33H32N2O3. The minimum Gasteiger partial charge on any atom is -0.455 e. The minimum absolute atomic E-state index is 0.0248. The van der Waals surface area contributed by atoms with Crippen molar-refractivity contribution in [2.75, 3.05) is 5.32 Å². The van der Waals surface area contributed by atoms with E-state index in [1.54, 1.807) is 0 Å². The molecule has 0 radical (unpaired) electrons. The van der Waals surface area contributed by atoms with Crippen LogP contribution in [0.5, 0.6) is 0 Å². The number of hydrogen-bond donors (Lipinski definition) is 3. The van der Waals surface area contributed by atoms with E-state index in [0.717, 1.165) is 33.5 Å². The number of fused-ring (bicyclic) bond motifs is 1. The quantitative estimate of drug-likeness (QED) is 0.198. The van der Waals surface area contributed by atoms with Gasteiger partial charge in [-0.05, 0) is 44.0 Å². The molecule has 1 heterocycles. The smallest absolute Gasteiger partial charge is 0.196 e. The molecule has 0 aliphatic rings. The molecule has 0 aliphatic carbocycles. The molecule has 2 atom stereocenters. The van der Waals surface area contributed by atoms with Crippen LogP contribution in [0.15, 0.2) is 106 Å². The topological polar surface area (TPSA) is 74.5 Å². The molecule has 5 rings (SSSR count). The fourth-order valence-electron chi connectivity index (χ4n) is 4.85. The standard InChI is InChI=1S/C33H32N2O3/c1-21-18-27(32-28(19-21)30(36)22(2)31(38-32)25-14-8-5-9-15-25)23(3)35-29-17-11-10-16-26(29)33(37)34-20-24-12-6-4-7-13-24/h4-19,23,33-35,37H,20H2,1-3H3/t23-,33?/m1/s1. The molecule has 5 nitrogen and oxygen atoms in total. The average Bonchev–Trinajstić information content (AvgIpc) is 2.95. The van der Waals surface area contributed by atoms with E-state index in [1.807, 2.05) is 112 Å². The monoisotopic (exact) mass is 504 g/mol. The number of hydrogen-bond acceptors (Lipinski definition) is 5. The van der Waals surface area contributed by atoms with Crippen LogP contribution in [0.1, 0.15) is 47.0 Å². The predicted octanol–water partition coefficient (Wildman–Crippen LogP) is 7.03. The third kappa shape index (κ3) is 5.25. The number of aryl methyl sites for hydroxylation is 1. The molecule has 0 spiro atoms. The zero-order valence-corrected chi connectivity index (χ0v) is 21.9. The zero-order chi connectivity index (χ0) is 26.6. The van der Waals surface area contributed by atoms with Crippen LogP contribution in [0.2, 0.25) is 0 Å². The van der Waals surface area contributed by atoms with Gasteiger partial charge in [0.1, 0.15) is 17.6 Å². The Labute approximate surface area is 222 Å². The van der Waals surface area contributed by atoms with Gasteiger partial charge in [0.25, 0.3) is 0 Å². The summed E-state index contributed by atoms with van der Waals surface area (Å²) in [5.41, 5.74) is 6.53. The van der Waals surface area contributed by atoms with E-state index in [4.69, 9.17) is 4.42 Å². The van der Waals surface area contributed by atoms with Gasteiger partial charge in [-0.3, -0.25) is 10.1 Å². The Morgan fingerprint density at radius 2 is 1.50 bits per heavy atom. The van der Waals surface area contributed by atoms with Gasteiger partial charge in [0, 0.05) is 34.5 Å². The van der Waals surface area contributed by atoms with E-state index in [-0.39, 0.29) is 11.5 Å². The van der Waals surface area contributed by atoms with Gasteiger partial charge in [0.05, 0.1) is 11.4 Å². The van der Waals surface area contributed by atoms with E-state index >= 15 is 0 Å². The summed E-state index contributed by atoms with van der Waals surface area (Å²) >= 11 is 0. The molecule has 0 saturated heterocycles. The zero-order valence-electron chi connectivity index (χ0n) is 21.9. The van der Waals surface area contributed by atoms with Crippen molar-refractivity contribution in [1.82, 2.24) is 5.32 Å². The molecule has 38 heavy (non-hydrogen) atoms. The molecule has 5 aromatic rings. The fourth-order valence-corrected chi connectivity index (χ4v) is 4.85. The lowest BCUT2D eigenvalue weighted by atomic mass is 9.98. The molecule has 4 aromatic carbocycles. The second kappa shape index (κ2) is 11.1. The summed E-state index contributed by atoms with van der Waals surface area (Å²) in [6.45, 7) is 6.39. The first-order valence-electron chi connectivity index (χ1n) is 12.9. The van der Waals surface area contributed by atoms with Gasteiger partial charge in [-0.15, -0.1) is 0 Å². The summed E-state index contributed by atoms with van der Waals surface area (Å²) in [7, 11) is 0. The van der Waals surface area contributed by atoms with Crippen LogP contribution in [0.4, 0.5) is 5.69 Å². The second-order valence-corrected chi connectivity index (χ2v) is 9.70. The van der Waals surface area contributed by atoms with Crippen molar-refractivity contribution >= 4 is 16.7 Å². The van der Waals surface area contributed by atoms with Crippen LogP contribution in [-0.4, -0.2) is 5.11 Å². The third-order valence-electron chi connectivity index (χ3n) is 6.86. The molecule has 192 valence electrons. The summed E-state index contributed by atoms with van der Waals surface area (Å²) in [4.78, 5) is 13.4. The van der Waals surface area contributed by atoms with Crippen molar-refractivity contribution in [3.05, 3.63) is 135 Å². The Kier molecular flexibility index (Phi) is 7.40. The largest absolute Gasteiger partial charge is 0.455 e. The molecule has 1 aromatic heterocycles. The Morgan fingerprint density at radius 1 is 0.842 bits per heavy atom. The van der Waals surface area contributed by atoms with Crippen molar-refractivity contribution in [2.45, 2.75) is 39.6 Å². The van der Waals surface area contributed by atoms with Crippen LogP contribution in [0, 0.1) is 13.8 Å². The highest BCUT2D eigenvalue weighted by Gasteiger charge is 2.20. The maximum atomic E-state index is 13.4. The first kappa shape index (κ1) is 25.5. The van der Waals surface area contributed by atoms with Crippen LogP contribution in [-0.2, 0) is 6.54 Å². The predicted molar refractivity (Wildman–Crippen MR) is 154 cm³/mol. The first-order chi connectivity index (χ1) is 18.4. The third-order valence-corrected chi connectivity index (χ3v) is 6.86. The summed E-state index contributed by atoms with van der Waals surface area (Å²) in [6.07, 6.45) is -0.856. The molecule has 0 saturated carbocycles. The number of aliphatic hydroxyl groups is 1. The van der Waals surface area contributed by atoms with Gasteiger partial charge in [-0.25, -0.2) is 0 Å². The lowest BCUT2D eigenvalue weighted by Crippen LogP contribution is -2.22. The lowest BCUT2D eigenvalue weighted by Gasteiger charge is -2.23. The molecule has 0 bridgehead atoms. The highest BCUT2D eigenvalue weighted by Crippen LogP contribution is 2.33. The summed E-state index contributed by atoms with van der Waals surface area (Å²) in [5, 5.41) is 18.3. The van der Waals surface area contributed by atoms with Gasteiger partial charge < -0.3 is 14.8 Å². The Morgan fingerprint density at radius 3 is 2.24 bits per heavy atom. The average molecular weight is 505 g/mol. The molecular weight excluding hydrogens is 472 g/mol. The number of rotatable bonds is 8. The van der Waals surface area contributed by atoms with Crippen molar-refractivity contribution in [2.24, 2.45) is 0 Å². The maximum Gasteiger partial charge on any atom is 0.196 e. The number of benzene rings is 4. The highest BCUT2D eigenvalue weighted by atomic mass is 16.3. The molecule has 5 heteroatoms. The number of aliphatic hydroxyl groups excluding tert-OH is 1. The van der Waals surface area contributed by atoms with E-state index in [1.165, 1.54) is 0 Å². The van der Waals surface area contributed by atoms with Crippen LogP contribution >= 0.6 is 0 Å². The van der Waals surface area contributed by atoms with Crippen molar-refractivity contribution < 1.29 is 9.52 Å². The van der Waals surface area contributed by atoms with Gasteiger partial charge in [-0.2, -0.15) is 0 Å². The van der Waals surface area contributed by atoms with Crippen LogP contribution < -0.4 is 16.1 Å². The van der Waals surface area contributed by atoms with Crippen LogP contribution in [0.3, 0.4) is 0 Å². The summed E-state index contributed by atoms with van der Waals surface area (Å²) in [6, 6.07) is 31.2. The SMILES string of the molecule is Cc1cc([C@@H](C)Nc2ccccc2C(O)NCc2ccccc2)c2oc(-c3ccccc3)c(C)c(=O)c2c1. The van der Waals surface area contributed by atoms with E-state index < -0.39 is 6.23 Å². The van der Waals surface area contributed by atoms with Gasteiger partial charge in [0.2, 0.25) is 0 Å². The number of anilines is 1. The van der Waals surface area contributed by atoms with Gasteiger partial charge in [0.15, 0.2) is 5.43 Å². The van der Waals surface area contributed by atoms with E-state index in [9.17, 15) is 9.90 Å². The number of nitrogens with one attached hydrogen (secondary N) is 2. The number of para-hydroxylation sites is 1. The van der Waals surface area contributed by atoms with Gasteiger partial charge in [-0.1, -0.05) is 84.9 Å². The van der Waals surface area contributed by atoms with Crippen LogP contribution in [0.25, 0.3) is 22.3 Å². The highest BCUT2D eigenvalue weighted by molar-refractivity contribution is 5.84. The van der Waals surface area contributed by atoms with Crippen molar-refractivity contribution in [3.8, 4) is 11.3 Å². The molecule has 0 fully saturated rings. The lowest BCUT2D eigenvalue weighted by molar-refractivity contribution is 0.138. The second-order valence-electron chi connectivity index (χ2n) is 9.70. The fraction of sp³-hybridized carbons (Fsp3) is 0.182. The Bertz CT molecular complexity index is 1610. The Hall–Kier alpha value is -4.19. The molecule has 0 amide bonds. The summed E-state index contributed by atoms with van der Waals surface area (Å²) in [5.74, 6) is 0.585. The Balaban J connectivity index is 1.49. The van der Waals surface area contributed by atoms with E-state index in [0.29, 0.717) is 28.8 Å². The minimum atomic E-state index is -0.856. The van der Waals surface area contributed by atoms with E-state index in [2.05, 4.69) is 16.7 Å². The normalized spacial score (nSPS) is 12.8. The van der Waals surface area contributed by atoms with Gasteiger partial charge >= 0.3 is 0 Å². The first-order valence-corrected chi connectivity index (χ1v) is 12.9. The molecule has 0 aliphatic heterocycles.